The summed E-state index contributed by atoms with van der Waals surface area (Å²) in [7, 11) is 0. The summed E-state index contributed by atoms with van der Waals surface area (Å²) < 4.78 is 0. The molecule has 1 amide bonds. The molecule has 2 N–H and O–H groups in total. The van der Waals surface area contributed by atoms with E-state index in [1.807, 2.05) is 12.1 Å². The van der Waals surface area contributed by atoms with E-state index in [9.17, 15) is 4.79 Å². The van der Waals surface area contributed by atoms with Crippen molar-refractivity contribution in [2.75, 3.05) is 26.2 Å². The van der Waals surface area contributed by atoms with E-state index in [4.69, 9.17) is 0 Å². The van der Waals surface area contributed by atoms with Gasteiger partial charge in [0, 0.05) is 31.2 Å². The largest absolute Gasteiger partial charge is 0.351 e. The average Bonchev–Trinajstić information content (AvgIpc) is 2.52. The van der Waals surface area contributed by atoms with Crippen LogP contribution in [0.2, 0.25) is 0 Å². The van der Waals surface area contributed by atoms with Crippen LogP contribution < -0.4 is 10.6 Å². The molecule has 0 saturated carbocycles. The Morgan fingerprint density at radius 3 is 2.17 bits per heavy atom. The van der Waals surface area contributed by atoms with E-state index in [1.165, 1.54) is 5.56 Å². The van der Waals surface area contributed by atoms with Crippen LogP contribution in [0.3, 0.4) is 0 Å². The Hall–Kier alpha value is -0.810. The van der Waals surface area contributed by atoms with E-state index in [0.29, 0.717) is 12.6 Å². The number of nitrogens with one attached hydrogen (secondary N) is 2. The van der Waals surface area contributed by atoms with E-state index >= 15 is 0 Å². The highest BCUT2D eigenvalue weighted by atomic mass is 35.5. The topological polar surface area (TPSA) is 44.4 Å². The number of amides is 1. The van der Waals surface area contributed by atoms with Crippen LogP contribution in [0, 0.1) is 0 Å². The van der Waals surface area contributed by atoms with E-state index in [2.05, 4.69) is 55.4 Å². The van der Waals surface area contributed by atoms with Gasteiger partial charge in [0.2, 0.25) is 0 Å². The molecule has 24 heavy (non-hydrogen) atoms. The zero-order valence-electron chi connectivity index (χ0n) is 15.3. The van der Waals surface area contributed by atoms with Crippen molar-refractivity contribution in [3.63, 3.8) is 0 Å². The van der Waals surface area contributed by atoms with Crippen LogP contribution in [0.5, 0.6) is 0 Å². The van der Waals surface area contributed by atoms with Gasteiger partial charge in [-0.1, -0.05) is 26.0 Å². The molecule has 0 atom stereocenters. The van der Waals surface area contributed by atoms with Crippen molar-refractivity contribution in [3.8, 4) is 0 Å². The van der Waals surface area contributed by atoms with Crippen molar-refractivity contribution in [2.45, 2.75) is 46.7 Å². The molecule has 0 radical (unpaired) electrons. The number of carbonyl (C=O) groups is 1. The number of halogens is 2. The highest BCUT2D eigenvalue weighted by Crippen LogP contribution is 2.10. The van der Waals surface area contributed by atoms with Crippen LogP contribution in [0.4, 0.5) is 0 Å². The number of rotatable bonds is 10. The Balaban J connectivity index is 0. The first-order valence-electron chi connectivity index (χ1n) is 8.40. The molecule has 0 bridgehead atoms. The molecule has 0 fully saturated rings. The Kier molecular flexibility index (Phi) is 15.4. The summed E-state index contributed by atoms with van der Waals surface area (Å²) >= 11 is 0. The van der Waals surface area contributed by atoms with Crippen molar-refractivity contribution >= 4 is 30.7 Å². The Labute approximate surface area is 159 Å². The van der Waals surface area contributed by atoms with E-state index in [0.717, 1.165) is 38.2 Å². The van der Waals surface area contributed by atoms with Crippen LogP contribution in [0.1, 0.15) is 50.0 Å². The molecule has 1 aromatic rings. The third kappa shape index (κ3) is 9.48. The van der Waals surface area contributed by atoms with Crippen LogP contribution in [-0.4, -0.2) is 43.0 Å². The molecule has 0 aliphatic carbocycles. The summed E-state index contributed by atoms with van der Waals surface area (Å²) in [5.74, 6) is 0.000977. The van der Waals surface area contributed by atoms with Crippen molar-refractivity contribution in [2.24, 2.45) is 0 Å². The second kappa shape index (κ2) is 14.5. The van der Waals surface area contributed by atoms with Gasteiger partial charge >= 0.3 is 0 Å². The lowest BCUT2D eigenvalue weighted by Gasteiger charge is -2.24. The number of carbonyl (C=O) groups excluding carboxylic acids is 1. The van der Waals surface area contributed by atoms with Crippen LogP contribution in [0.25, 0.3) is 0 Å². The van der Waals surface area contributed by atoms with E-state index < -0.39 is 0 Å². The summed E-state index contributed by atoms with van der Waals surface area (Å²) in [6, 6.07) is 8.46. The van der Waals surface area contributed by atoms with Gasteiger partial charge in [-0.3, -0.25) is 9.69 Å². The molecule has 0 heterocycles. The number of nitrogens with zero attached hydrogens (tertiary/aromatic N) is 1. The Morgan fingerprint density at radius 1 is 1.04 bits per heavy atom. The molecule has 4 nitrogen and oxygen atoms in total. The Bertz CT molecular complexity index is 438. The van der Waals surface area contributed by atoms with Gasteiger partial charge in [0.25, 0.3) is 5.91 Å². The molecule has 0 spiro atoms. The summed E-state index contributed by atoms with van der Waals surface area (Å²) in [5.41, 5.74) is 1.98. The zero-order valence-corrected chi connectivity index (χ0v) is 16.9. The number of hydrogen-bond donors (Lipinski definition) is 2. The molecule has 1 rings (SSSR count). The third-order valence-electron chi connectivity index (χ3n) is 3.75. The van der Waals surface area contributed by atoms with Gasteiger partial charge in [0.15, 0.2) is 0 Å². The third-order valence-corrected chi connectivity index (χ3v) is 3.75. The fraction of sp³-hybridized carbons (Fsp3) is 0.611. The lowest BCUT2D eigenvalue weighted by Crippen LogP contribution is -2.32. The van der Waals surface area contributed by atoms with Crippen molar-refractivity contribution < 1.29 is 4.79 Å². The number of benzene rings is 1. The first-order chi connectivity index (χ1) is 10.6. The predicted molar refractivity (Wildman–Crippen MR) is 108 cm³/mol. The van der Waals surface area contributed by atoms with E-state index in [1.54, 1.807) is 0 Å². The first kappa shape index (κ1) is 25.4. The first-order valence-corrected chi connectivity index (χ1v) is 8.40. The molecular weight excluding hydrogens is 345 g/mol. The summed E-state index contributed by atoms with van der Waals surface area (Å²) in [6.45, 7) is 13.2. The minimum Gasteiger partial charge on any atom is -0.351 e. The molecule has 0 unspecified atom stereocenters. The molecule has 0 aliphatic heterocycles. The van der Waals surface area contributed by atoms with Crippen molar-refractivity contribution in [1.82, 2.24) is 15.5 Å². The van der Waals surface area contributed by atoms with Gasteiger partial charge in [-0.25, -0.2) is 0 Å². The summed E-state index contributed by atoms with van der Waals surface area (Å²) in [4.78, 5) is 14.4. The van der Waals surface area contributed by atoms with Gasteiger partial charge in [-0.2, -0.15) is 0 Å². The van der Waals surface area contributed by atoms with Crippen LogP contribution in [-0.2, 0) is 6.54 Å². The minimum absolute atomic E-state index is 0. The second-order valence-electron chi connectivity index (χ2n) is 5.86. The second-order valence-corrected chi connectivity index (χ2v) is 5.86. The van der Waals surface area contributed by atoms with E-state index in [-0.39, 0.29) is 30.7 Å². The van der Waals surface area contributed by atoms with Crippen LogP contribution in [0.15, 0.2) is 24.3 Å². The number of hydrogen-bond acceptors (Lipinski definition) is 3. The van der Waals surface area contributed by atoms with Gasteiger partial charge < -0.3 is 10.6 Å². The zero-order chi connectivity index (χ0) is 16.4. The monoisotopic (exact) mass is 377 g/mol. The van der Waals surface area contributed by atoms with Gasteiger partial charge in [0.1, 0.15) is 0 Å². The van der Waals surface area contributed by atoms with Crippen molar-refractivity contribution in [1.29, 1.82) is 0 Å². The van der Waals surface area contributed by atoms with Gasteiger partial charge in [0.05, 0.1) is 0 Å². The maximum absolute atomic E-state index is 12.0. The minimum atomic E-state index is 0. The Morgan fingerprint density at radius 2 is 1.67 bits per heavy atom. The highest BCUT2D eigenvalue weighted by molar-refractivity contribution is 5.94. The fourth-order valence-electron chi connectivity index (χ4n) is 2.32. The highest BCUT2D eigenvalue weighted by Gasteiger charge is 2.09. The maximum Gasteiger partial charge on any atom is 0.251 e. The molecule has 1 aromatic carbocycles. The normalized spacial score (nSPS) is 10.2. The maximum atomic E-state index is 12.0. The SMILES string of the molecule is CCCNCCNC(=O)c1ccc(CN(CC)C(C)C)cc1.Cl.Cl. The van der Waals surface area contributed by atoms with Gasteiger partial charge in [-0.15, -0.1) is 24.8 Å². The molecule has 6 heteroatoms. The summed E-state index contributed by atoms with van der Waals surface area (Å²) in [6.07, 6.45) is 1.11. The molecule has 0 aromatic heterocycles. The summed E-state index contributed by atoms with van der Waals surface area (Å²) in [5, 5.41) is 6.20. The van der Waals surface area contributed by atoms with Gasteiger partial charge in [-0.05, 0) is 51.1 Å². The lowest BCUT2D eigenvalue weighted by molar-refractivity contribution is 0.0954. The predicted octanol–water partition coefficient (Wildman–Crippen LogP) is 3.49. The molecule has 140 valence electrons. The molecule has 0 aliphatic rings. The lowest BCUT2D eigenvalue weighted by atomic mass is 10.1. The van der Waals surface area contributed by atoms with Crippen LogP contribution >= 0.6 is 24.8 Å². The smallest absolute Gasteiger partial charge is 0.251 e. The molecule has 0 saturated heterocycles. The van der Waals surface area contributed by atoms with Crippen molar-refractivity contribution in [3.05, 3.63) is 35.4 Å². The quantitative estimate of drug-likeness (QED) is 0.613. The molecular formula is C18H33Cl2N3O. The average molecular weight is 378 g/mol. The fourth-order valence-corrected chi connectivity index (χ4v) is 2.32. The standard InChI is InChI=1S/C18H31N3O.2ClH/c1-5-11-19-12-13-20-18(22)17-9-7-16(8-10-17)14-21(6-2)15(3)4;;/h7-10,15,19H,5-6,11-14H2,1-4H3,(H,20,22);2*1H.